The zero-order chi connectivity index (χ0) is 21.3. The van der Waals surface area contributed by atoms with Crippen molar-refractivity contribution in [3.8, 4) is 0 Å². The Kier molecular flexibility index (Phi) is 6.94. The van der Waals surface area contributed by atoms with Gasteiger partial charge in [0.25, 0.3) is 0 Å². The molecule has 10 heteroatoms. The highest BCUT2D eigenvalue weighted by atomic mass is 79.9. The number of hydrogen-bond donors (Lipinski definition) is 1. The van der Waals surface area contributed by atoms with E-state index < -0.39 is 0 Å². The van der Waals surface area contributed by atoms with Gasteiger partial charge < -0.3 is 5.32 Å². The molecule has 1 atom stereocenters. The van der Waals surface area contributed by atoms with Crippen LogP contribution >= 0.6 is 50.7 Å². The number of nitrogens with zero attached hydrogens (tertiary/aromatic N) is 4. The van der Waals surface area contributed by atoms with E-state index in [0.29, 0.717) is 34.0 Å². The van der Waals surface area contributed by atoms with Gasteiger partial charge in [0.2, 0.25) is 5.91 Å². The smallest absolute Gasteiger partial charge is 0.230 e. The second-order valence-corrected chi connectivity index (χ2v) is 8.86. The molecular formula is C19H19BrCl3N5O. The number of aryl methyl sites for hydroxylation is 1. The fourth-order valence-electron chi connectivity index (χ4n) is 2.82. The molecule has 2 heterocycles. The normalized spacial score (nSPS) is 12.2. The third kappa shape index (κ3) is 5.15. The highest BCUT2D eigenvalue weighted by molar-refractivity contribution is 9.10. The third-order valence-electron chi connectivity index (χ3n) is 4.49. The summed E-state index contributed by atoms with van der Waals surface area (Å²) < 4.78 is 4.38. The molecular weight excluding hydrogens is 501 g/mol. The maximum atomic E-state index is 12.6. The van der Waals surface area contributed by atoms with Crippen LogP contribution in [0.25, 0.3) is 0 Å². The lowest BCUT2D eigenvalue weighted by Crippen LogP contribution is -2.25. The predicted molar refractivity (Wildman–Crippen MR) is 120 cm³/mol. The summed E-state index contributed by atoms with van der Waals surface area (Å²) in [7, 11) is 0. The molecule has 0 aliphatic rings. The van der Waals surface area contributed by atoms with Crippen molar-refractivity contribution in [3.63, 3.8) is 0 Å². The molecule has 0 fully saturated rings. The van der Waals surface area contributed by atoms with E-state index in [4.69, 9.17) is 34.8 Å². The van der Waals surface area contributed by atoms with Gasteiger partial charge in [-0.15, -0.1) is 0 Å². The average molecular weight is 520 g/mol. The number of anilines is 1. The van der Waals surface area contributed by atoms with Crippen LogP contribution in [0.5, 0.6) is 0 Å². The summed E-state index contributed by atoms with van der Waals surface area (Å²) in [6.07, 6.45) is 1.64. The Hall–Kier alpha value is -1.54. The highest BCUT2D eigenvalue weighted by Gasteiger charge is 2.19. The molecule has 154 valence electrons. The van der Waals surface area contributed by atoms with E-state index in [1.807, 2.05) is 31.5 Å². The third-order valence-corrected chi connectivity index (χ3v) is 6.50. The van der Waals surface area contributed by atoms with Gasteiger partial charge in [0.15, 0.2) is 5.82 Å². The van der Waals surface area contributed by atoms with E-state index in [1.54, 1.807) is 23.0 Å². The summed E-state index contributed by atoms with van der Waals surface area (Å²) in [5.74, 6) is -0.208. The van der Waals surface area contributed by atoms with E-state index in [1.165, 1.54) is 0 Å². The van der Waals surface area contributed by atoms with Gasteiger partial charge in [0.05, 0.1) is 29.2 Å². The number of aromatic nitrogens is 4. The van der Waals surface area contributed by atoms with Crippen molar-refractivity contribution in [3.05, 3.63) is 60.9 Å². The SMILES string of the molecule is Cc1nn(CC(C)C(=O)Nc2nn(Cc3ccc(Cl)cc3Cl)cc2Cl)c(C)c1Br. The van der Waals surface area contributed by atoms with Crippen molar-refractivity contribution in [1.82, 2.24) is 19.6 Å². The zero-order valence-corrected chi connectivity index (χ0v) is 19.9. The number of carbonyl (C=O) groups excluding carboxylic acids is 1. The Balaban J connectivity index is 1.68. The van der Waals surface area contributed by atoms with Gasteiger partial charge in [-0.05, 0) is 47.5 Å². The molecule has 3 rings (SSSR count). The van der Waals surface area contributed by atoms with Gasteiger partial charge >= 0.3 is 0 Å². The van der Waals surface area contributed by atoms with Gasteiger partial charge in [0.1, 0.15) is 5.02 Å². The second kappa shape index (κ2) is 9.08. The summed E-state index contributed by atoms with van der Waals surface area (Å²) in [5.41, 5.74) is 2.71. The molecule has 0 spiro atoms. The first kappa shape index (κ1) is 22.2. The molecule has 0 radical (unpaired) electrons. The number of benzene rings is 1. The molecule has 1 N–H and O–H groups in total. The van der Waals surface area contributed by atoms with Crippen molar-refractivity contribution >= 4 is 62.5 Å². The maximum absolute atomic E-state index is 12.6. The van der Waals surface area contributed by atoms with E-state index >= 15 is 0 Å². The van der Waals surface area contributed by atoms with Crippen molar-refractivity contribution < 1.29 is 4.79 Å². The topological polar surface area (TPSA) is 64.7 Å². The molecule has 0 bridgehead atoms. The number of carbonyl (C=O) groups is 1. The lowest BCUT2D eigenvalue weighted by atomic mass is 10.1. The standard InChI is InChI=1S/C19H19BrCl3N5O/c1-10(7-28-12(3)17(20)11(2)25-28)19(29)24-18-16(23)9-27(26-18)8-13-4-5-14(21)6-15(13)22/h4-6,9-10H,7-8H2,1-3H3,(H,24,26,29). The number of amides is 1. The Morgan fingerprint density at radius 3 is 2.55 bits per heavy atom. The quantitative estimate of drug-likeness (QED) is 0.452. The summed E-state index contributed by atoms with van der Waals surface area (Å²) in [4.78, 5) is 12.6. The monoisotopic (exact) mass is 517 g/mol. The van der Waals surface area contributed by atoms with Crippen LogP contribution in [0.15, 0.2) is 28.9 Å². The number of halogens is 4. The Labute approximate surface area is 192 Å². The summed E-state index contributed by atoms with van der Waals surface area (Å²) >= 11 is 21.9. The maximum Gasteiger partial charge on any atom is 0.230 e. The first-order valence-corrected chi connectivity index (χ1v) is 10.8. The Bertz CT molecular complexity index is 1060. The fourth-order valence-corrected chi connectivity index (χ4v) is 3.77. The van der Waals surface area contributed by atoms with Gasteiger partial charge in [-0.1, -0.05) is 47.8 Å². The minimum atomic E-state index is -0.327. The van der Waals surface area contributed by atoms with E-state index in [9.17, 15) is 4.79 Å². The Morgan fingerprint density at radius 2 is 1.93 bits per heavy atom. The highest BCUT2D eigenvalue weighted by Crippen LogP contribution is 2.25. The minimum absolute atomic E-state index is 0.189. The van der Waals surface area contributed by atoms with E-state index in [0.717, 1.165) is 21.4 Å². The van der Waals surface area contributed by atoms with E-state index in [2.05, 4.69) is 31.4 Å². The van der Waals surface area contributed by atoms with Gasteiger partial charge in [-0.2, -0.15) is 10.2 Å². The average Bonchev–Trinajstić information content (AvgIpc) is 3.11. The molecule has 0 aliphatic heterocycles. The molecule has 1 unspecified atom stereocenters. The molecule has 6 nitrogen and oxygen atoms in total. The van der Waals surface area contributed by atoms with Crippen molar-refractivity contribution in [1.29, 1.82) is 0 Å². The Morgan fingerprint density at radius 1 is 1.21 bits per heavy atom. The van der Waals surface area contributed by atoms with Gasteiger partial charge in [-0.25, -0.2) is 0 Å². The van der Waals surface area contributed by atoms with Crippen LogP contribution in [0, 0.1) is 19.8 Å². The minimum Gasteiger partial charge on any atom is -0.308 e. The van der Waals surface area contributed by atoms with Crippen LogP contribution in [0.2, 0.25) is 15.1 Å². The molecule has 29 heavy (non-hydrogen) atoms. The van der Waals surface area contributed by atoms with Crippen molar-refractivity contribution in [2.75, 3.05) is 5.32 Å². The zero-order valence-electron chi connectivity index (χ0n) is 16.0. The lowest BCUT2D eigenvalue weighted by Gasteiger charge is -2.12. The fraction of sp³-hybridized carbons (Fsp3) is 0.316. The van der Waals surface area contributed by atoms with Crippen LogP contribution < -0.4 is 5.32 Å². The van der Waals surface area contributed by atoms with Crippen LogP contribution in [-0.4, -0.2) is 25.5 Å². The van der Waals surface area contributed by atoms with Gasteiger partial charge in [0, 0.05) is 21.9 Å². The molecule has 2 aromatic heterocycles. The molecule has 0 aliphatic carbocycles. The van der Waals surface area contributed by atoms with Crippen LogP contribution in [0.3, 0.4) is 0 Å². The summed E-state index contributed by atoms with van der Waals surface area (Å²) in [6, 6.07) is 5.26. The molecule has 0 saturated carbocycles. The van der Waals surface area contributed by atoms with E-state index in [-0.39, 0.29) is 11.8 Å². The molecule has 0 saturated heterocycles. The molecule has 1 amide bonds. The van der Waals surface area contributed by atoms with Crippen molar-refractivity contribution in [2.45, 2.75) is 33.9 Å². The molecule has 3 aromatic rings. The largest absolute Gasteiger partial charge is 0.308 e. The number of rotatable bonds is 6. The van der Waals surface area contributed by atoms with Crippen molar-refractivity contribution in [2.24, 2.45) is 5.92 Å². The van der Waals surface area contributed by atoms with Crippen LogP contribution in [0.1, 0.15) is 23.9 Å². The van der Waals surface area contributed by atoms with Crippen LogP contribution in [-0.2, 0) is 17.9 Å². The first-order valence-electron chi connectivity index (χ1n) is 8.83. The lowest BCUT2D eigenvalue weighted by molar-refractivity contribution is -0.119. The first-order chi connectivity index (χ1) is 13.7. The second-order valence-electron chi connectivity index (χ2n) is 6.82. The predicted octanol–water partition coefficient (Wildman–Crippen LogP) is 5.74. The summed E-state index contributed by atoms with van der Waals surface area (Å²) in [5, 5.41) is 13.1. The number of nitrogens with one attached hydrogen (secondary N) is 1. The molecule has 1 aromatic carbocycles. The number of hydrogen-bond acceptors (Lipinski definition) is 3. The van der Waals surface area contributed by atoms with Gasteiger partial charge in [-0.3, -0.25) is 14.2 Å². The summed E-state index contributed by atoms with van der Waals surface area (Å²) in [6.45, 7) is 6.55. The van der Waals surface area contributed by atoms with Crippen LogP contribution in [0.4, 0.5) is 5.82 Å².